The van der Waals surface area contributed by atoms with Gasteiger partial charge in [0.2, 0.25) is 21.8 Å². The van der Waals surface area contributed by atoms with E-state index in [9.17, 15) is 18.0 Å². The molecule has 220 valence electrons. The fourth-order valence-corrected chi connectivity index (χ4v) is 7.86. The molecule has 2 N–H and O–H groups in total. The van der Waals surface area contributed by atoms with Crippen LogP contribution in [0.25, 0.3) is 5.57 Å². The summed E-state index contributed by atoms with van der Waals surface area (Å²) in [4.78, 5) is 28.7. The second kappa shape index (κ2) is 12.5. The Balaban J connectivity index is 1.27. The van der Waals surface area contributed by atoms with E-state index in [1.54, 1.807) is 24.3 Å². The van der Waals surface area contributed by atoms with E-state index in [2.05, 4.69) is 53.7 Å². The third-order valence-corrected chi connectivity index (χ3v) is 10.3. The molecule has 0 spiro atoms. The molecule has 1 fully saturated rings. The van der Waals surface area contributed by atoms with E-state index in [1.807, 2.05) is 6.92 Å². The Morgan fingerprint density at radius 1 is 1.10 bits per heavy atom. The molecule has 9 heteroatoms. The van der Waals surface area contributed by atoms with E-state index in [4.69, 9.17) is 0 Å². The summed E-state index contributed by atoms with van der Waals surface area (Å²) in [6.07, 6.45) is 5.91. The molecule has 41 heavy (non-hydrogen) atoms. The molecule has 8 nitrogen and oxygen atoms in total. The first kappa shape index (κ1) is 29.5. The second-order valence-electron chi connectivity index (χ2n) is 12.0. The van der Waals surface area contributed by atoms with Crippen molar-refractivity contribution in [3.63, 3.8) is 0 Å². The summed E-state index contributed by atoms with van der Waals surface area (Å²) < 4.78 is 28.0. The third kappa shape index (κ3) is 6.74. The van der Waals surface area contributed by atoms with Gasteiger partial charge in [-0.05, 0) is 72.9 Å². The molecule has 1 saturated heterocycles. The van der Waals surface area contributed by atoms with Crippen molar-refractivity contribution < 1.29 is 18.0 Å². The molecule has 0 unspecified atom stereocenters. The minimum absolute atomic E-state index is 0.125. The van der Waals surface area contributed by atoms with Crippen LogP contribution in [0.4, 0.5) is 0 Å². The minimum Gasteiger partial charge on any atom is -0.353 e. The molecular formula is C32H42N4O4S. The van der Waals surface area contributed by atoms with Crippen molar-refractivity contribution in [2.45, 2.75) is 69.9 Å². The average Bonchev–Trinajstić information content (AvgIpc) is 2.94. The van der Waals surface area contributed by atoms with E-state index >= 15 is 0 Å². The normalized spacial score (nSPS) is 22.1. The Hall–Kier alpha value is -3.01. The number of piperazine rings is 1. The first-order valence-corrected chi connectivity index (χ1v) is 16.3. The maximum atomic E-state index is 13.4. The molecule has 5 rings (SSSR count). The van der Waals surface area contributed by atoms with Gasteiger partial charge >= 0.3 is 0 Å². The summed E-state index contributed by atoms with van der Waals surface area (Å²) in [5.41, 5.74) is 5.96. The van der Waals surface area contributed by atoms with Crippen LogP contribution in [0.2, 0.25) is 0 Å². The summed E-state index contributed by atoms with van der Waals surface area (Å²) in [5.74, 6) is -0.101. The van der Waals surface area contributed by atoms with Crippen LogP contribution in [-0.2, 0) is 26.0 Å². The highest BCUT2D eigenvalue weighted by Gasteiger charge is 2.40. The zero-order valence-electron chi connectivity index (χ0n) is 24.4. The van der Waals surface area contributed by atoms with Gasteiger partial charge in [-0.3, -0.25) is 14.5 Å². The second-order valence-corrected chi connectivity index (χ2v) is 13.9. The van der Waals surface area contributed by atoms with Crippen LogP contribution in [-0.4, -0.2) is 68.2 Å². The van der Waals surface area contributed by atoms with Crippen LogP contribution in [0.3, 0.4) is 0 Å². The first-order chi connectivity index (χ1) is 19.6. The van der Waals surface area contributed by atoms with Gasteiger partial charge in [0, 0.05) is 32.7 Å². The van der Waals surface area contributed by atoms with E-state index in [0.717, 1.165) is 56.4 Å². The summed E-state index contributed by atoms with van der Waals surface area (Å²) >= 11 is 0. The Morgan fingerprint density at radius 2 is 1.88 bits per heavy atom. The van der Waals surface area contributed by atoms with E-state index in [1.165, 1.54) is 21.0 Å². The molecule has 0 aromatic heterocycles. The first-order valence-electron chi connectivity index (χ1n) is 14.8. The van der Waals surface area contributed by atoms with E-state index < -0.39 is 22.0 Å². The number of rotatable bonds is 8. The topological polar surface area (TPSA) is 98.8 Å². The highest BCUT2D eigenvalue weighted by Crippen LogP contribution is 2.33. The molecule has 2 heterocycles. The van der Waals surface area contributed by atoms with Gasteiger partial charge in [0.05, 0.1) is 17.4 Å². The summed E-state index contributed by atoms with van der Waals surface area (Å²) in [7, 11) is -3.93. The lowest BCUT2D eigenvalue weighted by Gasteiger charge is -2.34. The minimum atomic E-state index is -3.93. The van der Waals surface area contributed by atoms with E-state index in [0.29, 0.717) is 5.92 Å². The van der Waals surface area contributed by atoms with Gasteiger partial charge in [-0.25, -0.2) is 8.42 Å². The van der Waals surface area contributed by atoms with Gasteiger partial charge in [0.15, 0.2) is 0 Å². The van der Waals surface area contributed by atoms with Crippen molar-refractivity contribution in [1.82, 2.24) is 19.8 Å². The third-order valence-electron chi connectivity index (χ3n) is 8.37. The van der Waals surface area contributed by atoms with Gasteiger partial charge in [-0.1, -0.05) is 55.8 Å². The van der Waals surface area contributed by atoms with Crippen LogP contribution in [0.15, 0.2) is 53.4 Å². The molecule has 2 atom stereocenters. The van der Waals surface area contributed by atoms with Crippen molar-refractivity contribution in [2.24, 2.45) is 5.92 Å². The number of carbonyl (C=O) groups excluding carboxylic acids is 2. The summed E-state index contributed by atoms with van der Waals surface area (Å²) in [5, 5.41) is 5.86. The zero-order chi connectivity index (χ0) is 29.1. The van der Waals surface area contributed by atoms with Gasteiger partial charge in [0.25, 0.3) is 0 Å². The lowest BCUT2D eigenvalue weighted by molar-refractivity contribution is -0.132. The van der Waals surface area contributed by atoms with Crippen LogP contribution in [0.1, 0.15) is 67.8 Å². The maximum absolute atomic E-state index is 13.4. The molecular weight excluding hydrogens is 536 g/mol. The number of fused-ring (bicyclic) bond motifs is 1. The maximum Gasteiger partial charge on any atom is 0.243 e. The van der Waals surface area contributed by atoms with Crippen molar-refractivity contribution in [2.75, 3.05) is 32.7 Å². The Kier molecular flexibility index (Phi) is 8.97. The van der Waals surface area contributed by atoms with Crippen LogP contribution in [0.5, 0.6) is 0 Å². The monoisotopic (exact) mass is 578 g/mol. The summed E-state index contributed by atoms with van der Waals surface area (Å²) in [6, 6.07) is 11.9. The SMILES string of the molecule is Cc1ccc(S(=O)(=O)N2CCNC(=O)[C@H]2CC(=O)N[C@@H]2CCCc3cc(C4=CCN(CC(C)C)CC4)ccc32)cc1. The Bertz CT molecular complexity index is 1420. The molecule has 2 amide bonds. The molecule has 0 saturated carbocycles. The number of sulfonamides is 1. The van der Waals surface area contributed by atoms with Gasteiger partial charge in [0.1, 0.15) is 6.04 Å². The Labute approximate surface area is 244 Å². The molecule has 2 aliphatic heterocycles. The van der Waals surface area contributed by atoms with Crippen molar-refractivity contribution in [3.8, 4) is 0 Å². The van der Waals surface area contributed by atoms with Gasteiger partial charge in [-0.15, -0.1) is 0 Å². The Morgan fingerprint density at radius 3 is 2.59 bits per heavy atom. The highest BCUT2D eigenvalue weighted by molar-refractivity contribution is 7.89. The molecule has 1 aliphatic carbocycles. The lowest BCUT2D eigenvalue weighted by Crippen LogP contribution is -2.58. The standard InChI is InChI=1S/C32H42N4O4S/c1-22(2)21-35-16-13-24(14-17-35)25-9-12-28-26(19-25)5-4-6-29(28)34-31(37)20-30-32(38)33-15-18-36(30)41(39,40)27-10-7-23(3)8-11-27/h7-13,19,22,29-30H,4-6,14-18,20-21H2,1-3H3,(H,33,38)(H,34,37)/t29-,30-/m1/s1. The molecule has 0 radical (unpaired) electrons. The van der Waals surface area contributed by atoms with Crippen LogP contribution < -0.4 is 10.6 Å². The number of benzene rings is 2. The van der Waals surface area contributed by atoms with Crippen LogP contribution >= 0.6 is 0 Å². The predicted molar refractivity (Wildman–Crippen MR) is 161 cm³/mol. The number of nitrogens with one attached hydrogen (secondary N) is 2. The highest BCUT2D eigenvalue weighted by atomic mass is 32.2. The predicted octanol–water partition coefficient (Wildman–Crippen LogP) is 3.81. The fourth-order valence-electron chi connectivity index (χ4n) is 6.27. The number of hydrogen-bond acceptors (Lipinski definition) is 5. The van der Waals surface area contributed by atoms with Crippen molar-refractivity contribution >= 4 is 27.4 Å². The van der Waals surface area contributed by atoms with Crippen LogP contribution in [0, 0.1) is 12.8 Å². The summed E-state index contributed by atoms with van der Waals surface area (Å²) in [6.45, 7) is 9.91. The number of carbonyl (C=O) groups is 2. The van der Waals surface area contributed by atoms with Gasteiger partial charge < -0.3 is 10.6 Å². The number of hydrogen-bond donors (Lipinski definition) is 2. The number of amides is 2. The largest absolute Gasteiger partial charge is 0.353 e. The smallest absolute Gasteiger partial charge is 0.243 e. The number of aryl methyl sites for hydroxylation is 2. The zero-order valence-corrected chi connectivity index (χ0v) is 25.2. The van der Waals surface area contributed by atoms with E-state index in [-0.39, 0.29) is 36.4 Å². The lowest BCUT2D eigenvalue weighted by atomic mass is 9.85. The van der Waals surface area contributed by atoms with Gasteiger partial charge in [-0.2, -0.15) is 4.31 Å². The molecule has 3 aliphatic rings. The average molecular weight is 579 g/mol. The molecule has 0 bridgehead atoms. The van der Waals surface area contributed by atoms with Crippen molar-refractivity contribution in [1.29, 1.82) is 0 Å². The number of nitrogens with zero attached hydrogens (tertiary/aromatic N) is 2. The fraction of sp³-hybridized carbons (Fsp3) is 0.500. The quantitative estimate of drug-likeness (QED) is 0.497. The van der Waals surface area contributed by atoms with Crippen molar-refractivity contribution in [3.05, 3.63) is 70.8 Å². The molecule has 2 aromatic rings. The molecule has 2 aromatic carbocycles.